The maximum absolute atomic E-state index is 11.5. The second kappa shape index (κ2) is 6.19. The number of nitrogens with one attached hydrogen (secondary N) is 1. The van der Waals surface area contributed by atoms with E-state index in [-0.39, 0.29) is 6.54 Å². The summed E-state index contributed by atoms with van der Waals surface area (Å²) < 4.78 is 0. The lowest BCUT2D eigenvalue weighted by Crippen LogP contribution is -2.47. The smallest absolute Gasteiger partial charge is 0.317 e. The number of hydrogen-bond donors (Lipinski definition) is 3. The van der Waals surface area contributed by atoms with Crippen LogP contribution in [0.25, 0.3) is 0 Å². The van der Waals surface area contributed by atoms with E-state index in [0.29, 0.717) is 0 Å². The Hall–Kier alpha value is -1.63. The third kappa shape index (κ3) is 9.31. The van der Waals surface area contributed by atoms with Crippen LogP contribution in [0.15, 0.2) is 0 Å². The topological polar surface area (TPSA) is 107 Å². The molecule has 0 saturated heterocycles. The molecule has 0 aliphatic carbocycles. The van der Waals surface area contributed by atoms with E-state index in [4.69, 9.17) is 10.2 Å². The van der Waals surface area contributed by atoms with Gasteiger partial charge in [-0.3, -0.25) is 19.3 Å². The van der Waals surface area contributed by atoms with Gasteiger partial charge in [-0.1, -0.05) is 0 Å². The molecule has 0 fully saturated rings. The van der Waals surface area contributed by atoms with Crippen molar-refractivity contribution in [2.24, 2.45) is 0 Å². The number of carboxylic acids is 2. The number of aliphatic carboxylic acids is 2. The van der Waals surface area contributed by atoms with E-state index in [9.17, 15) is 14.4 Å². The summed E-state index contributed by atoms with van der Waals surface area (Å²) in [7, 11) is 0. The van der Waals surface area contributed by atoms with Gasteiger partial charge in [-0.05, 0) is 20.8 Å². The van der Waals surface area contributed by atoms with Crippen LogP contribution < -0.4 is 5.32 Å². The van der Waals surface area contributed by atoms with Crippen LogP contribution >= 0.6 is 0 Å². The largest absolute Gasteiger partial charge is 0.480 e. The van der Waals surface area contributed by atoms with Crippen molar-refractivity contribution in [1.29, 1.82) is 0 Å². The van der Waals surface area contributed by atoms with Crippen molar-refractivity contribution < 1.29 is 24.6 Å². The number of carboxylic acid groups (broad SMARTS) is 2. The molecule has 7 heteroatoms. The maximum Gasteiger partial charge on any atom is 0.317 e. The van der Waals surface area contributed by atoms with Gasteiger partial charge in [0.1, 0.15) is 0 Å². The average Bonchev–Trinajstić information content (AvgIpc) is 1.95. The average molecular weight is 246 g/mol. The Morgan fingerprint density at radius 1 is 1.00 bits per heavy atom. The molecule has 0 aromatic heterocycles. The highest BCUT2D eigenvalue weighted by Crippen LogP contribution is 1.98. The minimum absolute atomic E-state index is 0.254. The third-order valence-corrected chi connectivity index (χ3v) is 1.60. The zero-order valence-electron chi connectivity index (χ0n) is 10.2. The predicted octanol–water partition coefficient (Wildman–Crippen LogP) is -0.628. The Balaban J connectivity index is 4.37. The Labute approximate surface area is 99.4 Å². The molecule has 0 aromatic rings. The maximum atomic E-state index is 11.5. The van der Waals surface area contributed by atoms with Gasteiger partial charge in [0, 0.05) is 5.54 Å². The van der Waals surface area contributed by atoms with Gasteiger partial charge in [-0.25, -0.2) is 0 Å². The molecule has 1 amide bonds. The highest BCUT2D eigenvalue weighted by atomic mass is 16.4. The zero-order chi connectivity index (χ0) is 13.6. The molecular weight excluding hydrogens is 228 g/mol. The summed E-state index contributed by atoms with van der Waals surface area (Å²) in [5.74, 6) is -2.75. The highest BCUT2D eigenvalue weighted by molar-refractivity contribution is 5.80. The second-order valence-corrected chi connectivity index (χ2v) is 4.73. The Kier molecular flexibility index (Phi) is 5.60. The van der Waals surface area contributed by atoms with E-state index in [0.717, 1.165) is 4.90 Å². The fourth-order valence-corrected chi connectivity index (χ4v) is 1.21. The van der Waals surface area contributed by atoms with Crippen LogP contribution in [-0.4, -0.2) is 58.1 Å². The predicted molar refractivity (Wildman–Crippen MR) is 59.6 cm³/mol. The molecule has 0 aliphatic heterocycles. The summed E-state index contributed by atoms with van der Waals surface area (Å²) in [6.45, 7) is 4.13. The number of hydrogen-bond acceptors (Lipinski definition) is 4. The summed E-state index contributed by atoms with van der Waals surface area (Å²) in [4.78, 5) is 33.5. The molecule has 0 saturated carbocycles. The van der Waals surface area contributed by atoms with Crippen molar-refractivity contribution in [2.45, 2.75) is 26.3 Å². The Morgan fingerprint density at radius 2 is 1.41 bits per heavy atom. The summed E-state index contributed by atoms with van der Waals surface area (Å²) in [5.41, 5.74) is -0.435. The van der Waals surface area contributed by atoms with Gasteiger partial charge in [0.2, 0.25) is 5.91 Å². The lowest BCUT2D eigenvalue weighted by molar-refractivity contribution is -0.142. The lowest BCUT2D eigenvalue weighted by Gasteiger charge is -2.23. The molecule has 0 aromatic carbocycles. The van der Waals surface area contributed by atoms with Gasteiger partial charge in [0.15, 0.2) is 0 Å². The molecule has 0 bridgehead atoms. The van der Waals surface area contributed by atoms with E-state index >= 15 is 0 Å². The molecule has 0 spiro atoms. The first kappa shape index (κ1) is 15.4. The molecule has 0 rings (SSSR count). The third-order valence-electron chi connectivity index (χ3n) is 1.60. The Morgan fingerprint density at radius 3 is 1.71 bits per heavy atom. The van der Waals surface area contributed by atoms with E-state index in [1.54, 1.807) is 20.8 Å². The van der Waals surface area contributed by atoms with Crippen molar-refractivity contribution in [3.8, 4) is 0 Å². The van der Waals surface area contributed by atoms with E-state index in [2.05, 4.69) is 5.32 Å². The van der Waals surface area contributed by atoms with Gasteiger partial charge in [0.25, 0.3) is 0 Å². The number of carbonyl (C=O) groups excluding carboxylic acids is 1. The molecule has 17 heavy (non-hydrogen) atoms. The summed E-state index contributed by atoms with van der Waals surface area (Å²) in [6, 6.07) is 0. The summed E-state index contributed by atoms with van der Waals surface area (Å²) >= 11 is 0. The van der Waals surface area contributed by atoms with Gasteiger partial charge in [-0.2, -0.15) is 0 Å². The highest BCUT2D eigenvalue weighted by Gasteiger charge is 2.19. The van der Waals surface area contributed by atoms with E-state index in [1.807, 2.05) is 0 Å². The monoisotopic (exact) mass is 246 g/mol. The van der Waals surface area contributed by atoms with Crippen molar-refractivity contribution in [3.05, 3.63) is 0 Å². The van der Waals surface area contributed by atoms with Crippen LogP contribution in [0.1, 0.15) is 20.8 Å². The van der Waals surface area contributed by atoms with Crippen molar-refractivity contribution in [2.75, 3.05) is 19.6 Å². The number of amides is 1. The molecule has 7 nitrogen and oxygen atoms in total. The first-order chi connectivity index (χ1) is 7.60. The fourth-order valence-electron chi connectivity index (χ4n) is 1.21. The van der Waals surface area contributed by atoms with Gasteiger partial charge >= 0.3 is 11.9 Å². The molecule has 0 atom stereocenters. The molecular formula is C10H18N2O5. The van der Waals surface area contributed by atoms with Gasteiger partial charge < -0.3 is 15.5 Å². The minimum Gasteiger partial charge on any atom is -0.480 e. The number of carbonyl (C=O) groups is 3. The molecule has 0 radical (unpaired) electrons. The molecule has 98 valence electrons. The Bertz CT molecular complexity index is 292. The van der Waals surface area contributed by atoms with Gasteiger partial charge in [0.05, 0.1) is 19.6 Å². The summed E-state index contributed by atoms with van der Waals surface area (Å²) in [6.07, 6.45) is 0. The first-order valence-electron chi connectivity index (χ1n) is 5.07. The van der Waals surface area contributed by atoms with Gasteiger partial charge in [-0.15, -0.1) is 0 Å². The quantitative estimate of drug-likeness (QED) is 0.576. The number of nitrogens with zero attached hydrogens (tertiary/aromatic N) is 1. The van der Waals surface area contributed by atoms with Crippen LogP contribution in [0, 0.1) is 0 Å². The lowest BCUT2D eigenvalue weighted by atomic mass is 10.1. The van der Waals surface area contributed by atoms with E-state index in [1.165, 1.54) is 0 Å². The molecule has 0 unspecified atom stereocenters. The second-order valence-electron chi connectivity index (χ2n) is 4.73. The molecule has 3 N–H and O–H groups in total. The van der Waals surface area contributed by atoms with Crippen LogP contribution in [0.2, 0.25) is 0 Å². The SMILES string of the molecule is CC(C)(C)NC(=O)CN(CC(=O)O)CC(=O)O. The van der Waals surface area contributed by atoms with Crippen LogP contribution in [-0.2, 0) is 14.4 Å². The minimum atomic E-state index is -1.17. The molecule has 0 heterocycles. The van der Waals surface area contributed by atoms with Crippen LogP contribution in [0.5, 0.6) is 0 Å². The zero-order valence-corrected chi connectivity index (χ0v) is 10.2. The van der Waals surface area contributed by atoms with Crippen molar-refractivity contribution in [1.82, 2.24) is 10.2 Å². The van der Waals surface area contributed by atoms with E-state index < -0.39 is 36.5 Å². The summed E-state index contributed by atoms with van der Waals surface area (Å²) in [5, 5.41) is 19.8. The standard InChI is InChI=1S/C10H18N2O5/c1-10(2,3)11-7(13)4-12(5-8(14)15)6-9(16)17/h4-6H2,1-3H3,(H,11,13)(H,14,15)(H,16,17). The van der Waals surface area contributed by atoms with Crippen molar-refractivity contribution in [3.63, 3.8) is 0 Å². The van der Waals surface area contributed by atoms with Crippen molar-refractivity contribution >= 4 is 17.8 Å². The van der Waals surface area contributed by atoms with Crippen LogP contribution in [0.3, 0.4) is 0 Å². The number of rotatable bonds is 6. The first-order valence-corrected chi connectivity index (χ1v) is 5.07. The normalized spacial score (nSPS) is 11.3. The molecule has 0 aliphatic rings. The van der Waals surface area contributed by atoms with Crippen LogP contribution in [0.4, 0.5) is 0 Å². The fraction of sp³-hybridized carbons (Fsp3) is 0.700.